The van der Waals surface area contributed by atoms with Crippen LogP contribution in [0.1, 0.15) is 44.9 Å². The van der Waals surface area contributed by atoms with Gasteiger partial charge in [0.25, 0.3) is 0 Å². The Bertz CT molecular complexity index is 869. The lowest BCUT2D eigenvalue weighted by Crippen LogP contribution is -2.37. The topological polar surface area (TPSA) is 68.8 Å². The van der Waals surface area contributed by atoms with Crippen molar-refractivity contribution in [1.82, 2.24) is 10.6 Å². The van der Waals surface area contributed by atoms with E-state index in [0.29, 0.717) is 35.0 Å². The summed E-state index contributed by atoms with van der Waals surface area (Å²) in [5.74, 6) is 0.953. The lowest BCUT2D eigenvalue weighted by molar-refractivity contribution is 0.0528. The molecule has 8 heteroatoms. The number of halogens is 2. The summed E-state index contributed by atoms with van der Waals surface area (Å²) in [6, 6.07) is 9.67. The van der Waals surface area contributed by atoms with Gasteiger partial charge in [-0.1, -0.05) is 11.6 Å². The number of hydrogen-bond donors (Lipinski definition) is 2. The number of carbonyl (C=O) groups excluding carboxylic acids is 1. The Labute approximate surface area is 188 Å². The highest BCUT2D eigenvalue weighted by Crippen LogP contribution is 2.28. The van der Waals surface area contributed by atoms with Gasteiger partial charge in [0.2, 0.25) is 0 Å². The van der Waals surface area contributed by atoms with Crippen molar-refractivity contribution in [1.29, 1.82) is 0 Å². The number of nitrogens with one attached hydrogen (secondary N) is 2. The van der Waals surface area contributed by atoms with Gasteiger partial charge in [0.05, 0.1) is 12.1 Å². The molecule has 0 aliphatic heterocycles. The highest BCUT2D eigenvalue weighted by molar-refractivity contribution is 6.31. The van der Waals surface area contributed by atoms with Crippen molar-refractivity contribution in [3.8, 4) is 11.5 Å². The van der Waals surface area contributed by atoms with Gasteiger partial charge in [-0.3, -0.25) is 0 Å². The van der Waals surface area contributed by atoms with Crippen LogP contribution in [0.4, 0.5) is 9.18 Å². The molecule has 2 aromatic rings. The monoisotopic (exact) mass is 452 g/mol. The third-order valence-electron chi connectivity index (χ3n) is 4.35. The molecule has 1 atom stereocenters. The van der Waals surface area contributed by atoms with E-state index in [1.54, 1.807) is 52.1 Å². The third-order valence-corrected chi connectivity index (χ3v) is 4.68. The maximum absolute atomic E-state index is 14.0. The Morgan fingerprint density at radius 3 is 2.39 bits per heavy atom. The van der Waals surface area contributed by atoms with Gasteiger partial charge in [-0.15, -0.1) is 0 Å². The molecule has 31 heavy (non-hydrogen) atoms. The van der Waals surface area contributed by atoms with Crippen LogP contribution < -0.4 is 20.1 Å². The number of carbonyl (C=O) groups is 1. The Balaban J connectivity index is 1.98. The lowest BCUT2D eigenvalue weighted by atomic mass is 10.0. The summed E-state index contributed by atoms with van der Waals surface area (Å²) in [7, 11) is 1.60. The predicted octanol–water partition coefficient (Wildman–Crippen LogP) is 5.24. The summed E-state index contributed by atoms with van der Waals surface area (Å²) in [6.45, 7) is 8.31. The Morgan fingerprint density at radius 2 is 1.77 bits per heavy atom. The minimum Gasteiger partial charge on any atom is -0.497 e. The molecule has 0 radical (unpaired) electrons. The molecule has 0 aliphatic rings. The SMILES string of the molecule is COc1ccc(OCc2c(Cl)cc(F)cc2[C@H](C)NCCNC(=O)OC(C)(C)C)cc1. The molecule has 0 fully saturated rings. The molecule has 0 bridgehead atoms. The van der Waals surface area contributed by atoms with Crippen molar-refractivity contribution in [2.45, 2.75) is 45.9 Å². The van der Waals surface area contributed by atoms with Crippen molar-refractivity contribution in [3.63, 3.8) is 0 Å². The minimum atomic E-state index is -0.554. The average Bonchev–Trinajstić information content (AvgIpc) is 2.69. The van der Waals surface area contributed by atoms with Gasteiger partial charge in [-0.2, -0.15) is 0 Å². The van der Waals surface area contributed by atoms with E-state index in [2.05, 4.69) is 10.6 Å². The first-order valence-electron chi connectivity index (χ1n) is 10.0. The van der Waals surface area contributed by atoms with Gasteiger partial charge in [0.15, 0.2) is 0 Å². The Morgan fingerprint density at radius 1 is 1.13 bits per heavy atom. The minimum absolute atomic E-state index is 0.183. The molecule has 0 aliphatic carbocycles. The van der Waals surface area contributed by atoms with Gasteiger partial charge in [0.1, 0.15) is 29.5 Å². The van der Waals surface area contributed by atoms with Crippen LogP contribution in [0.3, 0.4) is 0 Å². The second kappa shape index (κ2) is 11.2. The van der Waals surface area contributed by atoms with E-state index in [9.17, 15) is 9.18 Å². The van der Waals surface area contributed by atoms with Crippen LogP contribution >= 0.6 is 11.6 Å². The zero-order valence-corrected chi connectivity index (χ0v) is 19.3. The van der Waals surface area contributed by atoms with Crippen LogP contribution in [0.5, 0.6) is 11.5 Å². The van der Waals surface area contributed by atoms with Crippen LogP contribution in [0.2, 0.25) is 5.02 Å². The predicted molar refractivity (Wildman–Crippen MR) is 119 cm³/mol. The fourth-order valence-electron chi connectivity index (χ4n) is 2.87. The van der Waals surface area contributed by atoms with Crippen LogP contribution in [0.25, 0.3) is 0 Å². The Kier molecular flexibility index (Phi) is 8.95. The van der Waals surface area contributed by atoms with E-state index < -0.39 is 17.5 Å². The quantitative estimate of drug-likeness (QED) is 0.509. The summed E-state index contributed by atoms with van der Waals surface area (Å²) in [4.78, 5) is 11.7. The van der Waals surface area contributed by atoms with E-state index >= 15 is 0 Å². The molecule has 0 heterocycles. The second-order valence-electron chi connectivity index (χ2n) is 8.02. The molecule has 0 saturated heterocycles. The van der Waals surface area contributed by atoms with Gasteiger partial charge in [0, 0.05) is 24.7 Å². The van der Waals surface area contributed by atoms with Crippen molar-refractivity contribution in [3.05, 3.63) is 58.4 Å². The summed E-state index contributed by atoms with van der Waals surface area (Å²) in [5, 5.41) is 6.23. The largest absolute Gasteiger partial charge is 0.497 e. The van der Waals surface area contributed by atoms with Gasteiger partial charge < -0.3 is 24.8 Å². The summed E-state index contributed by atoms with van der Waals surface area (Å²) >= 11 is 6.32. The lowest BCUT2D eigenvalue weighted by Gasteiger charge is -2.21. The fourth-order valence-corrected chi connectivity index (χ4v) is 3.13. The van der Waals surface area contributed by atoms with Crippen LogP contribution in [-0.4, -0.2) is 31.9 Å². The molecule has 2 aromatic carbocycles. The van der Waals surface area contributed by atoms with Gasteiger partial charge >= 0.3 is 6.09 Å². The fraction of sp³-hybridized carbons (Fsp3) is 0.435. The van der Waals surface area contributed by atoms with E-state index in [-0.39, 0.29) is 12.6 Å². The normalized spacial score (nSPS) is 12.2. The van der Waals surface area contributed by atoms with E-state index in [4.69, 9.17) is 25.8 Å². The standard InChI is InChI=1S/C23H30ClFN2O4/c1-15(26-10-11-27-22(28)31-23(2,3)4)19-12-16(25)13-21(24)20(19)14-30-18-8-6-17(29-5)7-9-18/h6-9,12-13,15,26H,10-11,14H2,1-5H3,(H,27,28)/t15-/m0/s1. The number of benzene rings is 2. The molecule has 2 N–H and O–H groups in total. The molecule has 0 saturated carbocycles. The van der Waals surface area contributed by atoms with Gasteiger partial charge in [-0.05, 0) is 69.7 Å². The number of alkyl carbamates (subject to hydrolysis) is 1. The molecule has 0 unspecified atom stereocenters. The summed E-state index contributed by atoms with van der Waals surface area (Å²) < 4.78 is 30.2. The smallest absolute Gasteiger partial charge is 0.407 e. The van der Waals surface area contributed by atoms with Crippen LogP contribution in [0.15, 0.2) is 36.4 Å². The maximum Gasteiger partial charge on any atom is 0.407 e. The third kappa shape index (κ3) is 8.26. The van der Waals surface area contributed by atoms with Crippen LogP contribution in [-0.2, 0) is 11.3 Å². The van der Waals surface area contributed by atoms with E-state index in [0.717, 1.165) is 5.75 Å². The van der Waals surface area contributed by atoms with Crippen molar-refractivity contribution < 1.29 is 23.4 Å². The highest BCUT2D eigenvalue weighted by Gasteiger charge is 2.18. The molecule has 0 aromatic heterocycles. The van der Waals surface area contributed by atoms with Gasteiger partial charge in [-0.25, -0.2) is 9.18 Å². The number of amides is 1. The van der Waals surface area contributed by atoms with E-state index in [1.807, 2.05) is 6.92 Å². The van der Waals surface area contributed by atoms with Crippen LogP contribution in [0, 0.1) is 5.82 Å². The molecule has 170 valence electrons. The number of methoxy groups -OCH3 is 1. The van der Waals surface area contributed by atoms with E-state index in [1.165, 1.54) is 12.1 Å². The van der Waals surface area contributed by atoms with Crippen molar-refractivity contribution in [2.75, 3.05) is 20.2 Å². The zero-order chi connectivity index (χ0) is 23.0. The molecule has 1 amide bonds. The summed E-state index contributed by atoms with van der Waals surface area (Å²) in [5.41, 5.74) is 0.830. The first-order chi connectivity index (χ1) is 14.6. The first-order valence-corrected chi connectivity index (χ1v) is 10.4. The number of hydrogen-bond acceptors (Lipinski definition) is 5. The second-order valence-corrected chi connectivity index (χ2v) is 8.43. The molecule has 0 spiro atoms. The highest BCUT2D eigenvalue weighted by atomic mass is 35.5. The first kappa shape index (κ1) is 24.8. The number of rotatable bonds is 9. The van der Waals surface area contributed by atoms with Crippen molar-refractivity contribution in [2.24, 2.45) is 0 Å². The average molecular weight is 453 g/mol. The molecule has 6 nitrogen and oxygen atoms in total. The molecule has 2 rings (SSSR count). The molecular weight excluding hydrogens is 423 g/mol. The number of ether oxygens (including phenoxy) is 3. The summed E-state index contributed by atoms with van der Waals surface area (Å²) in [6.07, 6.45) is -0.482. The molecular formula is C23H30ClFN2O4. The van der Waals surface area contributed by atoms with Crippen molar-refractivity contribution >= 4 is 17.7 Å². The maximum atomic E-state index is 14.0. The Hall–Kier alpha value is -2.51. The zero-order valence-electron chi connectivity index (χ0n) is 18.6.